The molecule has 0 bridgehead atoms. The van der Waals surface area contributed by atoms with Crippen LogP contribution in [0.3, 0.4) is 0 Å². The van der Waals surface area contributed by atoms with Gasteiger partial charge in [-0.15, -0.1) is 0 Å². The van der Waals surface area contributed by atoms with E-state index in [0.717, 1.165) is 15.8 Å². The molecular formula is C21H26N2O3S. The van der Waals surface area contributed by atoms with Crippen molar-refractivity contribution >= 4 is 32.6 Å². The fraction of sp³-hybridized carbons (Fsp3) is 0.333. The molecule has 144 valence electrons. The number of aromatic nitrogens is 1. The monoisotopic (exact) mass is 386 g/mol. The minimum atomic E-state index is -0.0504. The minimum absolute atomic E-state index is 0.0504. The van der Waals surface area contributed by atoms with Crippen molar-refractivity contribution in [3.8, 4) is 11.5 Å². The molecule has 0 aliphatic carbocycles. The Bertz CT molecular complexity index is 906. The Balaban J connectivity index is 0.00000126. The molecule has 3 rings (SSSR count). The molecule has 27 heavy (non-hydrogen) atoms. The van der Waals surface area contributed by atoms with E-state index < -0.39 is 0 Å². The molecule has 0 unspecified atom stereocenters. The molecule has 0 radical (unpaired) electrons. The first-order valence-corrected chi connectivity index (χ1v) is 9.78. The van der Waals surface area contributed by atoms with Gasteiger partial charge in [-0.2, -0.15) is 0 Å². The maximum Gasteiger partial charge on any atom is 0.226 e. The van der Waals surface area contributed by atoms with Crippen LogP contribution in [0.25, 0.3) is 10.2 Å². The zero-order chi connectivity index (χ0) is 19.8. The maximum atomic E-state index is 12.2. The minimum Gasteiger partial charge on any atom is -0.493 e. The number of ether oxygens (including phenoxy) is 2. The zero-order valence-corrected chi connectivity index (χ0v) is 17.3. The van der Waals surface area contributed by atoms with Gasteiger partial charge in [0.25, 0.3) is 0 Å². The molecule has 1 amide bonds. The van der Waals surface area contributed by atoms with Gasteiger partial charge in [0.05, 0.1) is 24.4 Å². The predicted molar refractivity (Wildman–Crippen MR) is 112 cm³/mol. The molecule has 1 heterocycles. The third-order valence-electron chi connectivity index (χ3n) is 3.88. The number of thiazole rings is 1. The Morgan fingerprint density at radius 1 is 1.07 bits per heavy atom. The van der Waals surface area contributed by atoms with Crippen molar-refractivity contribution in [1.82, 2.24) is 4.98 Å². The van der Waals surface area contributed by atoms with Gasteiger partial charge in [-0.05, 0) is 48.7 Å². The van der Waals surface area contributed by atoms with Gasteiger partial charge in [0.15, 0.2) is 16.6 Å². The second-order valence-corrected chi connectivity index (χ2v) is 6.76. The van der Waals surface area contributed by atoms with Crippen LogP contribution in [0, 0.1) is 6.92 Å². The van der Waals surface area contributed by atoms with Gasteiger partial charge >= 0.3 is 0 Å². The molecule has 0 saturated heterocycles. The molecule has 1 N–H and O–H groups in total. The highest BCUT2D eigenvalue weighted by Crippen LogP contribution is 2.29. The molecular weight excluding hydrogens is 360 g/mol. The van der Waals surface area contributed by atoms with Crippen LogP contribution >= 0.6 is 11.3 Å². The molecule has 2 aromatic carbocycles. The van der Waals surface area contributed by atoms with Crippen LogP contribution in [0.15, 0.2) is 36.4 Å². The van der Waals surface area contributed by atoms with Crippen molar-refractivity contribution in [2.75, 3.05) is 19.5 Å². The van der Waals surface area contributed by atoms with Crippen LogP contribution in [-0.4, -0.2) is 25.1 Å². The van der Waals surface area contributed by atoms with E-state index in [1.807, 2.05) is 51.1 Å². The van der Waals surface area contributed by atoms with Crippen LogP contribution in [0.4, 0.5) is 5.13 Å². The Kier molecular flexibility index (Phi) is 7.61. The number of methoxy groups -OCH3 is 2. The molecule has 1 aromatic heterocycles. The van der Waals surface area contributed by atoms with Gasteiger partial charge in [-0.1, -0.05) is 37.3 Å². The average Bonchev–Trinajstić information content (AvgIpc) is 3.08. The highest BCUT2D eigenvalue weighted by Gasteiger charge is 2.10. The van der Waals surface area contributed by atoms with E-state index in [0.29, 0.717) is 29.5 Å². The predicted octanol–water partition coefficient (Wildman–Crippen LogP) is 5.22. The number of hydrogen-bond acceptors (Lipinski definition) is 5. The van der Waals surface area contributed by atoms with Gasteiger partial charge in [0.1, 0.15) is 0 Å². The summed E-state index contributed by atoms with van der Waals surface area (Å²) < 4.78 is 11.6. The molecule has 3 aromatic rings. The molecule has 0 saturated carbocycles. The topological polar surface area (TPSA) is 60.5 Å². The largest absolute Gasteiger partial charge is 0.493 e. The highest BCUT2D eigenvalue weighted by molar-refractivity contribution is 7.22. The second kappa shape index (κ2) is 9.92. The Morgan fingerprint density at radius 3 is 2.52 bits per heavy atom. The van der Waals surface area contributed by atoms with Crippen molar-refractivity contribution in [3.05, 3.63) is 47.5 Å². The van der Waals surface area contributed by atoms with Crippen molar-refractivity contribution in [2.45, 2.75) is 33.6 Å². The summed E-state index contributed by atoms with van der Waals surface area (Å²) in [5.74, 6) is 1.30. The van der Waals surface area contributed by atoms with Crippen LogP contribution < -0.4 is 14.8 Å². The highest BCUT2D eigenvalue weighted by atomic mass is 32.1. The summed E-state index contributed by atoms with van der Waals surface area (Å²) in [5.41, 5.74) is 3.11. The lowest BCUT2D eigenvalue weighted by molar-refractivity contribution is -0.116. The van der Waals surface area contributed by atoms with Crippen LogP contribution in [0.1, 0.15) is 31.4 Å². The summed E-state index contributed by atoms with van der Waals surface area (Å²) in [6.07, 6.45) is 1.00. The first kappa shape index (κ1) is 20.7. The standard InChI is InChI=1S/C19H20N2O3S.C2H6/c1-12-4-7-14-17(10-12)25-19(20-14)21-18(22)9-6-13-5-8-15(23-2)16(11-13)24-3;1-2/h4-5,7-8,10-11H,6,9H2,1-3H3,(H,20,21,22);1-2H3. The number of nitrogens with zero attached hydrogens (tertiary/aromatic N) is 1. The van der Waals surface area contributed by atoms with E-state index in [2.05, 4.69) is 16.4 Å². The number of carbonyl (C=O) groups excluding carboxylic acids is 1. The summed E-state index contributed by atoms with van der Waals surface area (Å²) in [6, 6.07) is 11.8. The van der Waals surface area contributed by atoms with E-state index in [-0.39, 0.29) is 5.91 Å². The van der Waals surface area contributed by atoms with Crippen LogP contribution in [0.2, 0.25) is 0 Å². The van der Waals surface area contributed by atoms with Gasteiger partial charge in [-0.25, -0.2) is 4.98 Å². The Morgan fingerprint density at radius 2 is 1.81 bits per heavy atom. The van der Waals surface area contributed by atoms with Gasteiger partial charge in [-0.3, -0.25) is 4.79 Å². The zero-order valence-electron chi connectivity index (χ0n) is 16.5. The number of aryl methyl sites for hydroxylation is 2. The average molecular weight is 387 g/mol. The first-order valence-electron chi connectivity index (χ1n) is 8.97. The quantitative estimate of drug-likeness (QED) is 0.631. The lowest BCUT2D eigenvalue weighted by Crippen LogP contribution is -2.12. The molecule has 6 heteroatoms. The molecule has 0 aliphatic rings. The van der Waals surface area contributed by atoms with E-state index >= 15 is 0 Å². The summed E-state index contributed by atoms with van der Waals surface area (Å²) in [5, 5.41) is 3.52. The molecule has 0 spiro atoms. The van der Waals surface area contributed by atoms with Crippen molar-refractivity contribution in [1.29, 1.82) is 0 Å². The molecule has 0 atom stereocenters. The molecule has 0 aliphatic heterocycles. The fourth-order valence-electron chi connectivity index (χ4n) is 2.56. The summed E-state index contributed by atoms with van der Waals surface area (Å²) >= 11 is 1.49. The SMILES string of the molecule is CC.COc1ccc(CCC(=O)Nc2nc3ccc(C)cc3s2)cc1OC. The third-order valence-corrected chi connectivity index (χ3v) is 4.81. The van der Waals surface area contributed by atoms with Crippen LogP contribution in [0.5, 0.6) is 11.5 Å². The number of nitrogens with one attached hydrogen (secondary N) is 1. The van der Waals surface area contributed by atoms with E-state index in [1.165, 1.54) is 16.9 Å². The number of carbonyl (C=O) groups is 1. The number of fused-ring (bicyclic) bond motifs is 1. The van der Waals surface area contributed by atoms with Crippen molar-refractivity contribution in [2.24, 2.45) is 0 Å². The molecule has 5 nitrogen and oxygen atoms in total. The van der Waals surface area contributed by atoms with E-state index in [1.54, 1.807) is 14.2 Å². The van der Waals surface area contributed by atoms with Crippen molar-refractivity contribution in [3.63, 3.8) is 0 Å². The third kappa shape index (κ3) is 5.44. The number of benzene rings is 2. The fourth-order valence-corrected chi connectivity index (χ4v) is 3.54. The number of anilines is 1. The van der Waals surface area contributed by atoms with Crippen molar-refractivity contribution < 1.29 is 14.3 Å². The smallest absolute Gasteiger partial charge is 0.226 e. The normalized spacial score (nSPS) is 10.1. The Hall–Kier alpha value is -2.60. The lowest BCUT2D eigenvalue weighted by atomic mass is 10.1. The van der Waals surface area contributed by atoms with Gasteiger partial charge in [0.2, 0.25) is 5.91 Å². The maximum absolute atomic E-state index is 12.2. The van der Waals surface area contributed by atoms with Crippen LogP contribution in [-0.2, 0) is 11.2 Å². The number of rotatable bonds is 6. The van der Waals surface area contributed by atoms with Gasteiger partial charge in [0, 0.05) is 6.42 Å². The Labute approximate surface area is 164 Å². The summed E-state index contributed by atoms with van der Waals surface area (Å²) in [7, 11) is 3.20. The number of hydrogen-bond donors (Lipinski definition) is 1. The summed E-state index contributed by atoms with van der Waals surface area (Å²) in [4.78, 5) is 16.7. The number of amides is 1. The first-order chi connectivity index (χ1) is 13.1. The van der Waals surface area contributed by atoms with E-state index in [9.17, 15) is 4.79 Å². The van der Waals surface area contributed by atoms with Gasteiger partial charge < -0.3 is 14.8 Å². The van der Waals surface area contributed by atoms with E-state index in [4.69, 9.17) is 9.47 Å². The molecule has 0 fully saturated rings. The summed E-state index contributed by atoms with van der Waals surface area (Å²) in [6.45, 7) is 6.04. The second-order valence-electron chi connectivity index (χ2n) is 5.73. The lowest BCUT2D eigenvalue weighted by Gasteiger charge is -2.09.